The van der Waals surface area contributed by atoms with Gasteiger partial charge in [0.2, 0.25) is 0 Å². The maximum atomic E-state index is 5.42. The Kier molecular flexibility index (Phi) is 4.28. The van der Waals surface area contributed by atoms with Gasteiger partial charge >= 0.3 is 0 Å². The summed E-state index contributed by atoms with van der Waals surface area (Å²) >= 11 is 0. The quantitative estimate of drug-likeness (QED) is 0.635. The molecule has 3 nitrogen and oxygen atoms in total. The molecule has 0 atom stereocenters. The number of hydrogen-bond donors (Lipinski definition) is 2. The molecule has 106 valence electrons. The van der Waals surface area contributed by atoms with Crippen LogP contribution in [0.3, 0.4) is 0 Å². The van der Waals surface area contributed by atoms with E-state index in [4.69, 9.17) is 11.5 Å². The van der Waals surface area contributed by atoms with Crippen molar-refractivity contribution in [3.63, 3.8) is 0 Å². The van der Waals surface area contributed by atoms with E-state index in [0.29, 0.717) is 6.54 Å². The van der Waals surface area contributed by atoms with E-state index in [1.807, 2.05) is 0 Å². The molecule has 0 unspecified atom stereocenters. The molecule has 0 aliphatic rings. The average Bonchev–Trinajstić information content (AvgIpc) is 2.23. The smallest absolute Gasteiger partial charge is 0.186 e. The Morgan fingerprint density at radius 1 is 0.895 bits per heavy atom. The zero-order valence-corrected chi connectivity index (χ0v) is 13.0. The summed E-state index contributed by atoms with van der Waals surface area (Å²) < 4.78 is 0. The number of hydrogen-bond acceptors (Lipinski definition) is 1. The van der Waals surface area contributed by atoms with Crippen LogP contribution in [-0.4, -0.2) is 5.96 Å². The van der Waals surface area contributed by atoms with Gasteiger partial charge in [-0.05, 0) is 27.5 Å². The molecule has 1 aromatic rings. The molecule has 0 aromatic heterocycles. The third kappa shape index (κ3) is 4.58. The van der Waals surface area contributed by atoms with Crippen LogP contribution in [-0.2, 0) is 17.4 Å². The Balaban J connectivity index is 3.29. The molecule has 1 aromatic carbocycles. The molecule has 0 bridgehead atoms. The molecule has 0 saturated heterocycles. The average molecular weight is 261 g/mol. The Morgan fingerprint density at radius 2 is 1.32 bits per heavy atom. The lowest BCUT2D eigenvalue weighted by Gasteiger charge is -2.26. The summed E-state index contributed by atoms with van der Waals surface area (Å²) in [5, 5.41) is 0. The molecule has 0 aliphatic heterocycles. The van der Waals surface area contributed by atoms with Gasteiger partial charge in [-0.1, -0.05) is 59.7 Å². The molecule has 0 amide bonds. The SMILES string of the molecule is CC(C)(C)c1cc(CN=C(N)N)cc(C(C)(C)C)c1. The van der Waals surface area contributed by atoms with Crippen LogP contribution in [0, 0.1) is 0 Å². The lowest BCUT2D eigenvalue weighted by atomic mass is 9.79. The van der Waals surface area contributed by atoms with Crippen LogP contribution in [0.15, 0.2) is 23.2 Å². The van der Waals surface area contributed by atoms with E-state index >= 15 is 0 Å². The molecule has 3 heteroatoms. The van der Waals surface area contributed by atoms with Crippen molar-refractivity contribution >= 4 is 5.96 Å². The number of guanidine groups is 1. The van der Waals surface area contributed by atoms with Gasteiger partial charge in [-0.25, -0.2) is 4.99 Å². The maximum absolute atomic E-state index is 5.42. The minimum Gasteiger partial charge on any atom is -0.370 e. The van der Waals surface area contributed by atoms with Gasteiger partial charge in [0.1, 0.15) is 0 Å². The van der Waals surface area contributed by atoms with Gasteiger partial charge in [0, 0.05) is 0 Å². The highest BCUT2D eigenvalue weighted by atomic mass is 15.0. The molecular formula is C16H27N3. The van der Waals surface area contributed by atoms with Crippen molar-refractivity contribution in [2.75, 3.05) is 0 Å². The second-order valence-corrected chi connectivity index (χ2v) is 7.16. The highest BCUT2D eigenvalue weighted by Gasteiger charge is 2.20. The zero-order valence-electron chi connectivity index (χ0n) is 13.0. The highest BCUT2D eigenvalue weighted by molar-refractivity contribution is 5.75. The van der Waals surface area contributed by atoms with E-state index in [0.717, 1.165) is 5.56 Å². The van der Waals surface area contributed by atoms with Gasteiger partial charge in [0.05, 0.1) is 6.54 Å². The molecule has 0 radical (unpaired) electrons. The van der Waals surface area contributed by atoms with Crippen molar-refractivity contribution in [3.05, 3.63) is 34.9 Å². The lowest BCUT2D eigenvalue weighted by Crippen LogP contribution is -2.22. The second kappa shape index (κ2) is 5.24. The van der Waals surface area contributed by atoms with Crippen LogP contribution in [0.5, 0.6) is 0 Å². The van der Waals surface area contributed by atoms with Gasteiger partial charge < -0.3 is 11.5 Å². The first-order chi connectivity index (χ1) is 8.50. The van der Waals surface area contributed by atoms with E-state index in [9.17, 15) is 0 Å². The third-order valence-corrected chi connectivity index (χ3v) is 3.17. The summed E-state index contributed by atoms with van der Waals surface area (Å²) in [5.41, 5.74) is 14.9. The van der Waals surface area contributed by atoms with E-state index in [-0.39, 0.29) is 16.8 Å². The first-order valence-corrected chi connectivity index (χ1v) is 6.70. The topological polar surface area (TPSA) is 64.4 Å². The first kappa shape index (κ1) is 15.5. The summed E-state index contributed by atoms with van der Waals surface area (Å²) in [4.78, 5) is 4.11. The number of nitrogens with zero attached hydrogens (tertiary/aromatic N) is 1. The normalized spacial score (nSPS) is 12.3. The van der Waals surface area contributed by atoms with Crippen molar-refractivity contribution < 1.29 is 0 Å². The van der Waals surface area contributed by atoms with Crippen molar-refractivity contribution in [3.8, 4) is 0 Å². The number of nitrogens with two attached hydrogens (primary N) is 2. The molecule has 4 N–H and O–H groups in total. The van der Waals surface area contributed by atoms with Crippen molar-refractivity contribution in [1.29, 1.82) is 0 Å². The van der Waals surface area contributed by atoms with Crippen molar-refractivity contribution in [2.45, 2.75) is 58.9 Å². The molecule has 0 saturated carbocycles. The van der Waals surface area contributed by atoms with E-state index in [1.54, 1.807) is 0 Å². The van der Waals surface area contributed by atoms with E-state index < -0.39 is 0 Å². The first-order valence-electron chi connectivity index (χ1n) is 6.70. The van der Waals surface area contributed by atoms with Gasteiger partial charge in [0.25, 0.3) is 0 Å². The predicted molar refractivity (Wildman–Crippen MR) is 83.4 cm³/mol. The van der Waals surface area contributed by atoms with E-state index in [2.05, 4.69) is 64.7 Å². The Hall–Kier alpha value is -1.51. The fraction of sp³-hybridized carbons (Fsp3) is 0.562. The van der Waals surface area contributed by atoms with Crippen LogP contribution in [0.2, 0.25) is 0 Å². The summed E-state index contributed by atoms with van der Waals surface area (Å²) in [6, 6.07) is 6.68. The van der Waals surface area contributed by atoms with Crippen molar-refractivity contribution in [1.82, 2.24) is 0 Å². The van der Waals surface area contributed by atoms with Crippen LogP contribution in [0.1, 0.15) is 58.2 Å². The monoisotopic (exact) mass is 261 g/mol. The maximum Gasteiger partial charge on any atom is 0.186 e. The second-order valence-electron chi connectivity index (χ2n) is 7.16. The van der Waals surface area contributed by atoms with Gasteiger partial charge in [-0.2, -0.15) is 0 Å². The Labute approximate surface area is 117 Å². The number of aliphatic imine (C=N–C) groups is 1. The van der Waals surface area contributed by atoms with Gasteiger partial charge in [0.15, 0.2) is 5.96 Å². The fourth-order valence-corrected chi connectivity index (χ4v) is 1.83. The third-order valence-electron chi connectivity index (χ3n) is 3.17. The van der Waals surface area contributed by atoms with Crippen molar-refractivity contribution in [2.24, 2.45) is 16.5 Å². The minimum atomic E-state index is 0.119. The Bertz CT molecular complexity index is 437. The van der Waals surface area contributed by atoms with Crippen LogP contribution in [0.25, 0.3) is 0 Å². The van der Waals surface area contributed by atoms with Crippen LogP contribution < -0.4 is 11.5 Å². The summed E-state index contributed by atoms with van der Waals surface area (Å²) in [6.07, 6.45) is 0. The molecule has 0 fully saturated rings. The number of rotatable bonds is 2. The van der Waals surface area contributed by atoms with Gasteiger partial charge in [-0.15, -0.1) is 0 Å². The number of benzene rings is 1. The zero-order chi connectivity index (χ0) is 14.8. The Morgan fingerprint density at radius 3 is 1.63 bits per heavy atom. The molecule has 1 rings (SSSR count). The van der Waals surface area contributed by atoms with Crippen LogP contribution >= 0.6 is 0 Å². The van der Waals surface area contributed by atoms with Crippen LogP contribution in [0.4, 0.5) is 0 Å². The highest BCUT2D eigenvalue weighted by Crippen LogP contribution is 2.30. The summed E-state index contributed by atoms with van der Waals surface area (Å²) in [6.45, 7) is 13.9. The minimum absolute atomic E-state index is 0.119. The van der Waals surface area contributed by atoms with Gasteiger partial charge in [-0.3, -0.25) is 0 Å². The molecular weight excluding hydrogens is 234 g/mol. The standard InChI is InChI=1S/C16H27N3/c1-15(2,3)12-7-11(10-19-14(17)18)8-13(9-12)16(4,5)6/h7-9H,10H2,1-6H3,(H4,17,18,19). The molecule has 0 heterocycles. The largest absolute Gasteiger partial charge is 0.370 e. The summed E-state index contributed by atoms with van der Waals surface area (Å²) in [5.74, 6) is 0.137. The molecule has 0 aliphatic carbocycles. The summed E-state index contributed by atoms with van der Waals surface area (Å²) in [7, 11) is 0. The predicted octanol–water partition coefficient (Wildman–Crippen LogP) is 3.06. The van der Waals surface area contributed by atoms with E-state index in [1.165, 1.54) is 11.1 Å². The lowest BCUT2D eigenvalue weighted by molar-refractivity contribution is 0.567. The molecule has 0 spiro atoms. The fourth-order valence-electron chi connectivity index (χ4n) is 1.83. The molecule has 19 heavy (non-hydrogen) atoms.